The molecule has 0 aliphatic heterocycles. The van der Waals surface area contributed by atoms with Gasteiger partial charge >= 0.3 is 0 Å². The Hall–Kier alpha value is -0.670. The molecule has 0 atom stereocenters. The van der Waals surface area contributed by atoms with Gasteiger partial charge in [-0.25, -0.2) is 0 Å². The van der Waals surface area contributed by atoms with Crippen molar-refractivity contribution in [3.8, 4) is 0 Å². The molecule has 1 aromatic carbocycles. The number of thiophene rings is 1. The van der Waals surface area contributed by atoms with Gasteiger partial charge in [-0.3, -0.25) is 4.79 Å². The summed E-state index contributed by atoms with van der Waals surface area (Å²) in [6.45, 7) is 0. The molecule has 0 spiro atoms. The van der Waals surface area contributed by atoms with Crippen LogP contribution < -0.4 is 0 Å². The Morgan fingerprint density at radius 1 is 1.46 bits per heavy atom. The van der Waals surface area contributed by atoms with Crippen LogP contribution in [-0.4, -0.2) is 6.29 Å². The number of rotatable bonds is 2. The minimum atomic E-state index is 0.794. The Labute approximate surface area is 88.5 Å². The molecule has 0 saturated heterocycles. The molecular weight excluding hydrogens is 248 g/mol. The largest absolute Gasteiger partial charge is 0.298 e. The van der Waals surface area contributed by atoms with E-state index in [2.05, 4.69) is 22.0 Å². The first-order valence-corrected chi connectivity index (χ1v) is 5.87. The molecule has 0 fully saturated rings. The number of carbonyl (C=O) groups excluding carboxylic acids is 1. The molecule has 3 heteroatoms. The van der Waals surface area contributed by atoms with Gasteiger partial charge in [-0.05, 0) is 5.56 Å². The smallest absolute Gasteiger partial charge is 0.151 e. The zero-order chi connectivity index (χ0) is 9.26. The van der Waals surface area contributed by atoms with Crippen LogP contribution in [0.25, 0.3) is 10.1 Å². The maximum absolute atomic E-state index is 10.7. The van der Waals surface area contributed by atoms with E-state index in [-0.39, 0.29) is 0 Å². The SMILES string of the molecule is O=Cc1csc2c(CBr)cccc12. The maximum Gasteiger partial charge on any atom is 0.151 e. The predicted octanol–water partition coefficient (Wildman–Crippen LogP) is 3.61. The maximum atomic E-state index is 10.7. The van der Waals surface area contributed by atoms with E-state index in [1.165, 1.54) is 10.3 Å². The first-order valence-electron chi connectivity index (χ1n) is 3.87. The number of halogens is 1. The molecule has 13 heavy (non-hydrogen) atoms. The number of hydrogen-bond acceptors (Lipinski definition) is 2. The Morgan fingerprint density at radius 3 is 3.00 bits per heavy atom. The van der Waals surface area contributed by atoms with E-state index < -0.39 is 0 Å². The molecule has 0 aliphatic carbocycles. The van der Waals surface area contributed by atoms with Crippen molar-refractivity contribution in [3.05, 3.63) is 34.7 Å². The second-order valence-electron chi connectivity index (χ2n) is 2.74. The number of carbonyl (C=O) groups is 1. The second kappa shape index (κ2) is 3.60. The van der Waals surface area contributed by atoms with Crippen LogP contribution in [0.1, 0.15) is 15.9 Å². The van der Waals surface area contributed by atoms with Gasteiger partial charge in [-0.2, -0.15) is 0 Å². The zero-order valence-corrected chi connectivity index (χ0v) is 9.19. The van der Waals surface area contributed by atoms with E-state index in [9.17, 15) is 4.79 Å². The van der Waals surface area contributed by atoms with Gasteiger partial charge in [0.2, 0.25) is 0 Å². The van der Waals surface area contributed by atoms with Crippen molar-refractivity contribution in [2.24, 2.45) is 0 Å². The second-order valence-corrected chi connectivity index (χ2v) is 4.18. The van der Waals surface area contributed by atoms with Crippen LogP contribution in [0.5, 0.6) is 0 Å². The van der Waals surface area contributed by atoms with Gasteiger partial charge in [0.15, 0.2) is 6.29 Å². The molecule has 1 nitrogen and oxygen atoms in total. The van der Waals surface area contributed by atoms with Crippen LogP contribution in [-0.2, 0) is 5.33 Å². The fraction of sp³-hybridized carbons (Fsp3) is 0.100. The average molecular weight is 255 g/mol. The van der Waals surface area contributed by atoms with Crippen LogP contribution >= 0.6 is 27.3 Å². The van der Waals surface area contributed by atoms with E-state index in [0.29, 0.717) is 0 Å². The highest BCUT2D eigenvalue weighted by atomic mass is 79.9. The minimum Gasteiger partial charge on any atom is -0.298 e. The molecule has 0 unspecified atom stereocenters. The van der Waals surface area contributed by atoms with E-state index >= 15 is 0 Å². The van der Waals surface area contributed by atoms with Crippen molar-refractivity contribution in [2.45, 2.75) is 5.33 Å². The van der Waals surface area contributed by atoms with E-state index in [0.717, 1.165) is 22.6 Å². The zero-order valence-electron chi connectivity index (χ0n) is 6.79. The highest BCUT2D eigenvalue weighted by Crippen LogP contribution is 2.29. The number of fused-ring (bicyclic) bond motifs is 1. The third-order valence-corrected chi connectivity index (χ3v) is 3.68. The van der Waals surface area contributed by atoms with Crippen molar-refractivity contribution in [1.29, 1.82) is 0 Å². The summed E-state index contributed by atoms with van der Waals surface area (Å²) in [5, 5.41) is 3.81. The monoisotopic (exact) mass is 254 g/mol. The molecule has 2 rings (SSSR count). The molecule has 0 amide bonds. The standard InChI is InChI=1S/C10H7BrOS/c11-4-7-2-1-3-9-8(5-12)6-13-10(7)9/h1-3,5-6H,4H2. The lowest BCUT2D eigenvalue weighted by Gasteiger charge is -1.96. The molecular formula is C10H7BrOS. The summed E-state index contributed by atoms with van der Waals surface area (Å²) >= 11 is 5.06. The Balaban J connectivity index is 2.79. The van der Waals surface area contributed by atoms with Crippen molar-refractivity contribution < 1.29 is 4.79 Å². The average Bonchev–Trinajstić information content (AvgIpc) is 2.60. The van der Waals surface area contributed by atoms with Gasteiger partial charge in [0.05, 0.1) is 0 Å². The predicted molar refractivity (Wildman–Crippen MR) is 59.8 cm³/mol. The van der Waals surface area contributed by atoms with Crippen molar-refractivity contribution in [1.82, 2.24) is 0 Å². The summed E-state index contributed by atoms with van der Waals surface area (Å²) in [7, 11) is 0. The molecule has 66 valence electrons. The lowest BCUT2D eigenvalue weighted by molar-refractivity contribution is 0.112. The molecule has 2 aromatic rings. The normalized spacial score (nSPS) is 10.5. The van der Waals surface area contributed by atoms with Crippen LogP contribution in [0.2, 0.25) is 0 Å². The highest BCUT2D eigenvalue weighted by Gasteiger charge is 2.05. The molecule has 1 aromatic heterocycles. The molecule has 1 heterocycles. The molecule has 0 saturated carbocycles. The third-order valence-electron chi connectivity index (χ3n) is 1.98. The molecule has 0 N–H and O–H groups in total. The lowest BCUT2D eigenvalue weighted by atomic mass is 10.1. The number of hydrogen-bond donors (Lipinski definition) is 0. The minimum absolute atomic E-state index is 0.794. The van der Waals surface area contributed by atoms with Crippen LogP contribution in [0.4, 0.5) is 0 Å². The van der Waals surface area contributed by atoms with Crippen molar-refractivity contribution in [2.75, 3.05) is 0 Å². The van der Waals surface area contributed by atoms with Crippen LogP contribution in [0.3, 0.4) is 0 Å². The summed E-state index contributed by atoms with van der Waals surface area (Å²) < 4.78 is 1.21. The number of benzene rings is 1. The van der Waals surface area contributed by atoms with Gasteiger partial charge in [-0.1, -0.05) is 34.1 Å². The molecule has 0 bridgehead atoms. The third kappa shape index (κ3) is 1.42. The Kier molecular flexibility index (Phi) is 2.47. The van der Waals surface area contributed by atoms with Gasteiger partial charge in [0.25, 0.3) is 0 Å². The van der Waals surface area contributed by atoms with Crippen LogP contribution in [0, 0.1) is 0 Å². The van der Waals surface area contributed by atoms with Crippen molar-refractivity contribution in [3.63, 3.8) is 0 Å². The highest BCUT2D eigenvalue weighted by molar-refractivity contribution is 9.08. The summed E-state index contributed by atoms with van der Waals surface area (Å²) in [5.74, 6) is 0. The fourth-order valence-electron chi connectivity index (χ4n) is 1.33. The fourth-order valence-corrected chi connectivity index (χ4v) is 3.02. The summed E-state index contributed by atoms with van der Waals surface area (Å²) in [6.07, 6.45) is 0.914. The van der Waals surface area contributed by atoms with Crippen molar-refractivity contribution >= 4 is 43.6 Å². The van der Waals surface area contributed by atoms with E-state index in [4.69, 9.17) is 0 Å². The molecule has 0 radical (unpaired) electrons. The van der Waals surface area contributed by atoms with Gasteiger partial charge in [-0.15, -0.1) is 11.3 Å². The number of alkyl halides is 1. The number of aldehydes is 1. The van der Waals surface area contributed by atoms with Gasteiger partial charge in [0.1, 0.15) is 0 Å². The van der Waals surface area contributed by atoms with E-state index in [1.54, 1.807) is 11.3 Å². The summed E-state index contributed by atoms with van der Waals surface area (Å²) in [6, 6.07) is 6.04. The Bertz CT molecular complexity index is 447. The summed E-state index contributed by atoms with van der Waals surface area (Å²) in [5.41, 5.74) is 2.04. The Morgan fingerprint density at radius 2 is 2.31 bits per heavy atom. The lowest BCUT2D eigenvalue weighted by Crippen LogP contribution is -1.78. The summed E-state index contributed by atoms with van der Waals surface area (Å²) in [4.78, 5) is 10.7. The first-order chi connectivity index (χ1) is 6.36. The van der Waals surface area contributed by atoms with Gasteiger partial charge < -0.3 is 0 Å². The first kappa shape index (κ1) is 8.91. The topological polar surface area (TPSA) is 17.1 Å². The van der Waals surface area contributed by atoms with Gasteiger partial charge in [0, 0.05) is 26.4 Å². The van der Waals surface area contributed by atoms with Crippen LogP contribution in [0.15, 0.2) is 23.6 Å². The quantitative estimate of drug-likeness (QED) is 0.591. The molecule has 0 aliphatic rings. The van der Waals surface area contributed by atoms with E-state index in [1.807, 2.05) is 17.5 Å².